The van der Waals surface area contributed by atoms with Gasteiger partial charge in [0.05, 0.1) is 0 Å². The lowest BCUT2D eigenvalue weighted by molar-refractivity contribution is 0.331. The maximum absolute atomic E-state index is 7.52. The van der Waals surface area contributed by atoms with E-state index in [1.807, 2.05) is 39.0 Å². The van der Waals surface area contributed by atoms with Crippen molar-refractivity contribution < 1.29 is 0 Å². The first-order valence-electron chi connectivity index (χ1n) is 7.70. The van der Waals surface area contributed by atoms with Gasteiger partial charge in [0.25, 0.3) is 0 Å². The number of aryl methyl sites for hydroxylation is 2. The van der Waals surface area contributed by atoms with Crippen LogP contribution in [0.1, 0.15) is 56.2 Å². The van der Waals surface area contributed by atoms with E-state index in [-0.39, 0.29) is 0 Å². The van der Waals surface area contributed by atoms with Gasteiger partial charge < -0.3 is 5.41 Å². The molecule has 1 nitrogen and oxygen atoms in total. The molecule has 110 valence electrons. The van der Waals surface area contributed by atoms with Gasteiger partial charge in [-0.1, -0.05) is 44.0 Å². The molecule has 0 bridgehead atoms. The maximum Gasteiger partial charge on any atom is 0.0360 e. The molecule has 20 heavy (non-hydrogen) atoms. The highest BCUT2D eigenvalue weighted by atomic mass is 14.4. The van der Waals surface area contributed by atoms with Crippen LogP contribution in [0, 0.1) is 31.1 Å². The standard InChI is InChI=1S/C10H13N.C9H16/c1-7-5-4-6-8(2)10(7)9(3)11;1-3-9-6-4-8(2)5-7-9/h4-6,11H,1-3H3;3,8-9H,1,4-7H2,2H3. The zero-order chi connectivity index (χ0) is 15.1. The smallest absolute Gasteiger partial charge is 0.0360 e. The Bertz CT molecular complexity index is 431. The molecule has 1 aromatic carbocycles. The summed E-state index contributed by atoms with van der Waals surface area (Å²) in [5.41, 5.74) is 4.13. The molecule has 0 radical (unpaired) electrons. The number of benzene rings is 1. The Morgan fingerprint density at radius 1 is 1.15 bits per heavy atom. The predicted molar refractivity (Wildman–Crippen MR) is 89.7 cm³/mol. The number of allylic oxidation sites excluding steroid dienone is 1. The Balaban J connectivity index is 0.000000204. The molecule has 0 aliphatic heterocycles. The van der Waals surface area contributed by atoms with Crippen molar-refractivity contribution in [1.29, 1.82) is 5.41 Å². The lowest BCUT2D eigenvalue weighted by Crippen LogP contribution is -2.09. The highest BCUT2D eigenvalue weighted by Gasteiger charge is 2.14. The highest BCUT2D eigenvalue weighted by molar-refractivity contribution is 5.98. The minimum atomic E-state index is 0.653. The van der Waals surface area contributed by atoms with Crippen LogP contribution in [0.4, 0.5) is 0 Å². The number of nitrogens with one attached hydrogen (secondary N) is 1. The molecule has 0 amide bonds. The first-order chi connectivity index (χ1) is 9.45. The fourth-order valence-electron chi connectivity index (χ4n) is 2.93. The number of rotatable bonds is 2. The molecule has 0 unspecified atom stereocenters. The van der Waals surface area contributed by atoms with Crippen molar-refractivity contribution >= 4 is 5.71 Å². The maximum atomic E-state index is 7.52. The molecule has 0 atom stereocenters. The van der Waals surface area contributed by atoms with Crippen molar-refractivity contribution in [3.63, 3.8) is 0 Å². The molecule has 0 saturated heterocycles. The molecule has 1 aromatic rings. The van der Waals surface area contributed by atoms with Gasteiger partial charge in [-0.2, -0.15) is 0 Å². The molecule has 0 aromatic heterocycles. The van der Waals surface area contributed by atoms with E-state index < -0.39 is 0 Å². The topological polar surface area (TPSA) is 23.9 Å². The Labute approximate surface area is 124 Å². The average Bonchev–Trinajstić information content (AvgIpc) is 2.40. The van der Waals surface area contributed by atoms with Crippen LogP contribution in [0.5, 0.6) is 0 Å². The molecule has 1 heteroatoms. The van der Waals surface area contributed by atoms with Crippen molar-refractivity contribution in [2.75, 3.05) is 0 Å². The summed E-state index contributed by atoms with van der Waals surface area (Å²) in [6.07, 6.45) is 7.70. The minimum Gasteiger partial charge on any atom is -0.305 e. The van der Waals surface area contributed by atoms with Gasteiger partial charge in [-0.15, -0.1) is 6.58 Å². The van der Waals surface area contributed by atoms with Crippen LogP contribution in [0.3, 0.4) is 0 Å². The highest BCUT2D eigenvalue weighted by Crippen LogP contribution is 2.28. The fraction of sp³-hybridized carbons (Fsp3) is 0.526. The van der Waals surface area contributed by atoms with E-state index >= 15 is 0 Å². The third-order valence-corrected chi connectivity index (χ3v) is 4.25. The van der Waals surface area contributed by atoms with Crippen LogP contribution in [-0.2, 0) is 0 Å². The Hall–Kier alpha value is -1.37. The first kappa shape index (κ1) is 16.7. The van der Waals surface area contributed by atoms with E-state index in [4.69, 9.17) is 5.41 Å². The van der Waals surface area contributed by atoms with Gasteiger partial charge in [-0.25, -0.2) is 0 Å². The minimum absolute atomic E-state index is 0.653. The Morgan fingerprint density at radius 3 is 2.00 bits per heavy atom. The van der Waals surface area contributed by atoms with Crippen molar-refractivity contribution in [1.82, 2.24) is 0 Å². The summed E-state index contributed by atoms with van der Waals surface area (Å²) >= 11 is 0. The van der Waals surface area contributed by atoms with Gasteiger partial charge in [-0.05, 0) is 56.6 Å². The average molecular weight is 271 g/mol. The molecule has 1 aliphatic rings. The van der Waals surface area contributed by atoms with E-state index in [1.165, 1.54) is 36.8 Å². The lowest BCUT2D eigenvalue weighted by Gasteiger charge is -2.23. The molecule has 1 saturated carbocycles. The van der Waals surface area contributed by atoms with E-state index in [9.17, 15) is 0 Å². The van der Waals surface area contributed by atoms with Crippen LogP contribution in [-0.4, -0.2) is 5.71 Å². The van der Waals surface area contributed by atoms with Crippen molar-refractivity contribution in [2.45, 2.75) is 53.4 Å². The summed E-state index contributed by atoms with van der Waals surface area (Å²) in [5.74, 6) is 1.81. The van der Waals surface area contributed by atoms with Crippen molar-refractivity contribution in [3.8, 4) is 0 Å². The molecule has 2 rings (SSSR count). The summed E-state index contributed by atoms with van der Waals surface area (Å²) in [7, 11) is 0. The van der Waals surface area contributed by atoms with Crippen molar-refractivity contribution in [3.05, 3.63) is 47.5 Å². The third kappa shape index (κ3) is 4.96. The summed E-state index contributed by atoms with van der Waals surface area (Å²) in [5, 5.41) is 7.52. The molecule has 1 fully saturated rings. The Kier molecular flexibility index (Phi) is 6.70. The van der Waals surface area contributed by atoms with Crippen LogP contribution in [0.25, 0.3) is 0 Å². The molecule has 1 N–H and O–H groups in total. The first-order valence-corrected chi connectivity index (χ1v) is 7.70. The largest absolute Gasteiger partial charge is 0.305 e. The van der Waals surface area contributed by atoms with Crippen LogP contribution in [0.2, 0.25) is 0 Å². The summed E-state index contributed by atoms with van der Waals surface area (Å²) < 4.78 is 0. The monoisotopic (exact) mass is 271 g/mol. The molecule has 0 spiro atoms. The summed E-state index contributed by atoms with van der Waals surface area (Å²) in [4.78, 5) is 0. The summed E-state index contributed by atoms with van der Waals surface area (Å²) in [6, 6.07) is 6.11. The van der Waals surface area contributed by atoms with Crippen LogP contribution < -0.4 is 0 Å². The second-order valence-corrected chi connectivity index (χ2v) is 6.15. The predicted octanol–water partition coefficient (Wildman–Crippen LogP) is 5.69. The van der Waals surface area contributed by atoms with Crippen LogP contribution >= 0.6 is 0 Å². The van der Waals surface area contributed by atoms with E-state index in [0.717, 1.165) is 17.4 Å². The number of hydrogen-bond acceptors (Lipinski definition) is 1. The molecule has 0 heterocycles. The van der Waals surface area contributed by atoms with Gasteiger partial charge in [0.1, 0.15) is 0 Å². The zero-order valence-corrected chi connectivity index (χ0v) is 13.5. The van der Waals surface area contributed by atoms with Gasteiger partial charge in [-0.3, -0.25) is 0 Å². The van der Waals surface area contributed by atoms with Gasteiger partial charge in [0, 0.05) is 11.3 Å². The second kappa shape index (κ2) is 8.04. The quantitative estimate of drug-likeness (QED) is 0.528. The SMILES string of the molecule is C=CC1CCC(C)CC1.CC(=N)c1c(C)cccc1C. The molecule has 1 aliphatic carbocycles. The normalized spacial score (nSPS) is 21.6. The second-order valence-electron chi connectivity index (χ2n) is 6.15. The summed E-state index contributed by atoms with van der Waals surface area (Å²) in [6.45, 7) is 12.1. The van der Waals surface area contributed by atoms with E-state index in [2.05, 4.69) is 19.6 Å². The van der Waals surface area contributed by atoms with Gasteiger partial charge in [0.15, 0.2) is 0 Å². The number of hydrogen-bond donors (Lipinski definition) is 1. The third-order valence-electron chi connectivity index (χ3n) is 4.25. The molecular weight excluding hydrogens is 242 g/mol. The van der Waals surface area contributed by atoms with Crippen LogP contribution in [0.15, 0.2) is 30.9 Å². The van der Waals surface area contributed by atoms with Crippen molar-refractivity contribution in [2.24, 2.45) is 11.8 Å². The molecular formula is C19H29N. The van der Waals surface area contributed by atoms with Gasteiger partial charge in [0.2, 0.25) is 0 Å². The fourth-order valence-corrected chi connectivity index (χ4v) is 2.93. The van der Waals surface area contributed by atoms with Gasteiger partial charge >= 0.3 is 0 Å². The lowest BCUT2D eigenvalue weighted by atomic mass is 9.83. The van der Waals surface area contributed by atoms with E-state index in [1.54, 1.807) is 0 Å². The Morgan fingerprint density at radius 2 is 1.65 bits per heavy atom. The zero-order valence-electron chi connectivity index (χ0n) is 13.5. The van der Waals surface area contributed by atoms with E-state index in [0.29, 0.717) is 5.71 Å².